The van der Waals surface area contributed by atoms with Crippen molar-refractivity contribution in [1.82, 2.24) is 20.1 Å². The minimum Gasteiger partial charge on any atom is -0.331 e. The van der Waals surface area contributed by atoms with Crippen molar-refractivity contribution in [3.8, 4) is 5.00 Å². The highest BCUT2D eigenvalue weighted by Gasteiger charge is 2.23. The van der Waals surface area contributed by atoms with E-state index in [0.29, 0.717) is 38.5 Å². The van der Waals surface area contributed by atoms with Gasteiger partial charge in [0.15, 0.2) is 11.6 Å². The summed E-state index contributed by atoms with van der Waals surface area (Å²) < 4.78 is 1.80. The molecule has 4 rings (SSSR count). The number of aromatic nitrogens is 3. The number of hydrogen-bond acceptors (Lipinski definition) is 5. The summed E-state index contributed by atoms with van der Waals surface area (Å²) in [6, 6.07) is 16.0. The monoisotopic (exact) mass is 479 g/mol. The molecule has 0 aliphatic rings. The molecule has 0 radical (unpaired) electrons. The lowest BCUT2D eigenvalue weighted by Crippen LogP contribution is -2.29. The average molecular weight is 480 g/mol. The maximum absolute atomic E-state index is 13.3. The van der Waals surface area contributed by atoms with Crippen LogP contribution in [-0.2, 0) is 6.54 Å². The quantitative estimate of drug-likeness (QED) is 0.359. The molecule has 2 aromatic carbocycles. The molecular weight excluding hydrogens is 458 g/mol. The summed E-state index contributed by atoms with van der Waals surface area (Å²) in [5.41, 5.74) is 2.69. The van der Waals surface area contributed by atoms with Gasteiger partial charge in [-0.05, 0) is 56.7 Å². The number of nitrogens with one attached hydrogen (secondary N) is 2. The van der Waals surface area contributed by atoms with E-state index in [9.17, 15) is 9.59 Å². The number of benzene rings is 2. The van der Waals surface area contributed by atoms with E-state index >= 15 is 0 Å². The number of rotatable bonds is 6. The van der Waals surface area contributed by atoms with Crippen LogP contribution in [0.25, 0.3) is 5.00 Å². The fourth-order valence-corrected chi connectivity index (χ4v) is 4.76. The highest BCUT2D eigenvalue weighted by Crippen LogP contribution is 2.31. The van der Waals surface area contributed by atoms with Crippen molar-refractivity contribution >= 4 is 40.4 Å². The average Bonchev–Trinajstić information content (AvgIpc) is 3.34. The maximum atomic E-state index is 13.3. The normalized spacial score (nSPS) is 10.8. The number of anilines is 1. The van der Waals surface area contributed by atoms with Gasteiger partial charge in [-0.2, -0.15) is 0 Å². The lowest BCUT2D eigenvalue weighted by atomic mass is 10.0. The third-order valence-corrected chi connectivity index (χ3v) is 6.34. The molecule has 0 bridgehead atoms. The molecular formula is C24H22ClN5O2S. The molecule has 2 amide bonds. The van der Waals surface area contributed by atoms with E-state index in [4.69, 9.17) is 11.6 Å². The van der Waals surface area contributed by atoms with Crippen molar-refractivity contribution in [2.24, 2.45) is 0 Å². The zero-order chi connectivity index (χ0) is 23.5. The van der Waals surface area contributed by atoms with Gasteiger partial charge in [-0.3, -0.25) is 9.36 Å². The highest BCUT2D eigenvalue weighted by atomic mass is 35.5. The lowest BCUT2D eigenvalue weighted by Gasteiger charge is -2.11. The van der Waals surface area contributed by atoms with E-state index in [1.807, 2.05) is 51.1 Å². The molecule has 7 nitrogen and oxygen atoms in total. The molecule has 2 heterocycles. The van der Waals surface area contributed by atoms with Crippen molar-refractivity contribution in [1.29, 1.82) is 0 Å². The summed E-state index contributed by atoms with van der Waals surface area (Å²) in [6.07, 6.45) is 0. The van der Waals surface area contributed by atoms with Crippen molar-refractivity contribution in [3.05, 3.63) is 92.8 Å². The second kappa shape index (κ2) is 9.56. The summed E-state index contributed by atoms with van der Waals surface area (Å²) >= 11 is 7.73. The number of urea groups is 1. The second-order valence-electron chi connectivity index (χ2n) is 7.56. The highest BCUT2D eigenvalue weighted by molar-refractivity contribution is 7.15. The molecule has 2 aromatic heterocycles. The molecule has 0 saturated heterocycles. The molecule has 9 heteroatoms. The van der Waals surface area contributed by atoms with Gasteiger partial charge in [0.2, 0.25) is 0 Å². The number of carbonyl (C=O) groups is 2. The smallest absolute Gasteiger partial charge is 0.319 e. The first-order valence-corrected chi connectivity index (χ1v) is 11.5. The Kier molecular flexibility index (Phi) is 6.57. The largest absolute Gasteiger partial charge is 0.331 e. The van der Waals surface area contributed by atoms with E-state index in [0.717, 1.165) is 10.4 Å². The van der Waals surface area contributed by atoms with E-state index in [1.54, 1.807) is 28.8 Å². The van der Waals surface area contributed by atoms with Crippen LogP contribution in [-0.4, -0.2) is 26.6 Å². The minimum absolute atomic E-state index is 0.134. The Bertz CT molecular complexity index is 1340. The predicted octanol–water partition coefficient (Wildman–Crippen LogP) is 5.46. The van der Waals surface area contributed by atoms with E-state index in [1.165, 1.54) is 11.3 Å². The number of ketones is 1. The molecule has 0 atom stereocenters. The van der Waals surface area contributed by atoms with Crippen LogP contribution < -0.4 is 10.6 Å². The number of thiophene rings is 1. The summed E-state index contributed by atoms with van der Waals surface area (Å²) in [5.74, 6) is 0.951. The third kappa shape index (κ3) is 4.97. The van der Waals surface area contributed by atoms with Gasteiger partial charge in [0, 0.05) is 16.1 Å². The zero-order valence-electron chi connectivity index (χ0n) is 18.3. The van der Waals surface area contributed by atoms with Crippen LogP contribution in [0.1, 0.15) is 38.0 Å². The lowest BCUT2D eigenvalue weighted by molar-refractivity contribution is 0.103. The van der Waals surface area contributed by atoms with Gasteiger partial charge in [-0.1, -0.05) is 35.9 Å². The van der Waals surface area contributed by atoms with Gasteiger partial charge in [-0.25, -0.2) is 4.79 Å². The Labute approximate surface area is 200 Å². The number of aryl methyl sites for hydroxylation is 3. The Morgan fingerprint density at radius 2 is 1.79 bits per heavy atom. The molecule has 168 valence electrons. The molecule has 0 unspecified atom stereocenters. The Balaban J connectivity index is 1.59. The number of halogens is 1. The van der Waals surface area contributed by atoms with Crippen LogP contribution in [0, 0.1) is 20.8 Å². The van der Waals surface area contributed by atoms with E-state index in [2.05, 4.69) is 20.8 Å². The first-order chi connectivity index (χ1) is 15.8. The van der Waals surface area contributed by atoms with Crippen LogP contribution in [0.4, 0.5) is 10.5 Å². The van der Waals surface area contributed by atoms with Crippen molar-refractivity contribution in [3.63, 3.8) is 0 Å². The predicted molar refractivity (Wildman–Crippen MR) is 131 cm³/mol. The zero-order valence-corrected chi connectivity index (χ0v) is 19.9. The fourth-order valence-electron chi connectivity index (χ4n) is 3.46. The van der Waals surface area contributed by atoms with Crippen LogP contribution in [0.15, 0.2) is 54.6 Å². The van der Waals surface area contributed by atoms with Crippen LogP contribution in [0.3, 0.4) is 0 Å². The maximum Gasteiger partial charge on any atom is 0.319 e. The third-order valence-electron chi connectivity index (χ3n) is 4.98. The van der Waals surface area contributed by atoms with Gasteiger partial charge in [0.25, 0.3) is 0 Å². The Hall–Kier alpha value is -3.49. The van der Waals surface area contributed by atoms with Crippen LogP contribution >= 0.6 is 22.9 Å². The van der Waals surface area contributed by atoms with Gasteiger partial charge >= 0.3 is 6.03 Å². The standard InChI is InChI=1S/C24H22ClN5O2S/c1-14-7-6-8-17(11-14)27-24(32)26-13-21-29-28-16(3)30(21)23-19(12-15(2)33-23)22(31)18-9-4-5-10-20(18)25/h4-12H,13H2,1-3H3,(H2,26,27,32). The molecule has 0 spiro atoms. The topological polar surface area (TPSA) is 88.9 Å². The summed E-state index contributed by atoms with van der Waals surface area (Å²) in [6.45, 7) is 5.83. The van der Waals surface area contributed by atoms with Gasteiger partial charge in [0.05, 0.1) is 17.1 Å². The fraction of sp³-hybridized carbons (Fsp3) is 0.167. The van der Waals surface area contributed by atoms with Crippen molar-refractivity contribution < 1.29 is 9.59 Å². The summed E-state index contributed by atoms with van der Waals surface area (Å²) in [7, 11) is 0. The SMILES string of the molecule is Cc1cccc(NC(=O)NCc2nnc(C)n2-c2sc(C)cc2C(=O)c2ccccc2Cl)c1. The summed E-state index contributed by atoms with van der Waals surface area (Å²) in [4.78, 5) is 26.7. The molecule has 33 heavy (non-hydrogen) atoms. The van der Waals surface area contributed by atoms with Gasteiger partial charge < -0.3 is 10.6 Å². The number of nitrogens with zero attached hydrogens (tertiary/aromatic N) is 3. The van der Waals surface area contributed by atoms with E-state index < -0.39 is 0 Å². The first-order valence-electron chi connectivity index (χ1n) is 10.3. The molecule has 0 aliphatic heterocycles. The second-order valence-corrected chi connectivity index (χ2v) is 9.20. The minimum atomic E-state index is -0.359. The molecule has 0 aliphatic carbocycles. The first kappa shape index (κ1) is 22.7. The van der Waals surface area contributed by atoms with Crippen LogP contribution in [0.5, 0.6) is 0 Å². The molecule has 0 fully saturated rings. The Morgan fingerprint density at radius 1 is 1.00 bits per heavy atom. The van der Waals surface area contributed by atoms with Crippen molar-refractivity contribution in [2.45, 2.75) is 27.3 Å². The van der Waals surface area contributed by atoms with Gasteiger partial charge in [-0.15, -0.1) is 21.5 Å². The number of amides is 2. The molecule has 2 N–H and O–H groups in total. The van der Waals surface area contributed by atoms with Crippen molar-refractivity contribution in [2.75, 3.05) is 5.32 Å². The Morgan fingerprint density at radius 3 is 2.55 bits per heavy atom. The summed E-state index contributed by atoms with van der Waals surface area (Å²) in [5, 5.41) is 15.1. The van der Waals surface area contributed by atoms with Gasteiger partial charge in [0.1, 0.15) is 10.8 Å². The molecule has 0 saturated carbocycles. The number of carbonyl (C=O) groups excluding carboxylic acids is 2. The number of hydrogen-bond donors (Lipinski definition) is 2. The van der Waals surface area contributed by atoms with Crippen LogP contribution in [0.2, 0.25) is 5.02 Å². The van der Waals surface area contributed by atoms with E-state index in [-0.39, 0.29) is 18.4 Å². The molecule has 4 aromatic rings.